The van der Waals surface area contributed by atoms with Gasteiger partial charge >= 0.3 is 12.1 Å². The largest absolute Gasteiger partial charge is 0.478 e. The minimum Gasteiger partial charge on any atom is -0.478 e. The van der Waals surface area contributed by atoms with Crippen LogP contribution in [0.5, 0.6) is 0 Å². The highest BCUT2D eigenvalue weighted by Crippen LogP contribution is 2.32. The van der Waals surface area contributed by atoms with Crippen molar-refractivity contribution in [3.05, 3.63) is 34.9 Å². The number of aromatic carboxylic acids is 1. The first-order valence-electron chi connectivity index (χ1n) is 4.93. The average molecular weight is 271 g/mol. The first-order chi connectivity index (χ1) is 8.71. The summed E-state index contributed by atoms with van der Waals surface area (Å²) in [6, 6.07) is 2.45. The van der Waals surface area contributed by atoms with Crippen molar-refractivity contribution in [2.75, 3.05) is 0 Å². The number of hydrogen-bond acceptors (Lipinski definition) is 2. The minimum absolute atomic E-state index is 0.377. The molecule has 0 spiro atoms. The summed E-state index contributed by atoms with van der Waals surface area (Å²) >= 11 is 0. The molecule has 0 radical (unpaired) electrons. The van der Waals surface area contributed by atoms with E-state index < -0.39 is 34.7 Å². The molecule has 0 unspecified atom stereocenters. The number of rotatable bonds is 2. The van der Waals surface area contributed by atoms with Crippen LogP contribution in [0.2, 0.25) is 0 Å². The topological polar surface area (TPSA) is 80.4 Å². The highest BCUT2D eigenvalue weighted by Gasteiger charge is 2.33. The van der Waals surface area contributed by atoms with E-state index in [-0.39, 0.29) is 6.42 Å². The summed E-state index contributed by atoms with van der Waals surface area (Å²) in [5.74, 6) is 2.11. The van der Waals surface area contributed by atoms with Crippen molar-refractivity contribution in [1.82, 2.24) is 0 Å². The van der Waals surface area contributed by atoms with Gasteiger partial charge in [0.1, 0.15) is 0 Å². The molecule has 0 atom stereocenters. The summed E-state index contributed by atoms with van der Waals surface area (Å²) in [6.45, 7) is 0. The highest BCUT2D eigenvalue weighted by molar-refractivity contribution is 5.88. The van der Waals surface area contributed by atoms with Gasteiger partial charge in [-0.25, -0.2) is 4.79 Å². The Hall–Kier alpha value is -2.49. The Bertz CT molecular complexity index is 582. The molecule has 1 aromatic rings. The maximum Gasteiger partial charge on any atom is 0.417 e. The summed E-state index contributed by atoms with van der Waals surface area (Å²) in [7, 11) is 0. The van der Waals surface area contributed by atoms with Gasteiger partial charge in [-0.1, -0.05) is 11.8 Å². The third-order valence-corrected chi connectivity index (χ3v) is 2.06. The second-order valence-corrected chi connectivity index (χ2v) is 3.51. The molecular weight excluding hydrogens is 263 g/mol. The molecule has 0 bridgehead atoms. The molecule has 0 saturated carbocycles. The molecule has 19 heavy (non-hydrogen) atoms. The third-order valence-electron chi connectivity index (χ3n) is 2.06. The first-order valence-corrected chi connectivity index (χ1v) is 4.93. The molecule has 0 heterocycles. The summed E-state index contributed by atoms with van der Waals surface area (Å²) < 4.78 is 38.2. The van der Waals surface area contributed by atoms with E-state index in [1.54, 1.807) is 0 Å². The summed E-state index contributed by atoms with van der Waals surface area (Å²) in [5.41, 5.74) is 2.74. The summed E-state index contributed by atoms with van der Waals surface area (Å²) in [6.07, 6.45) is -5.11. The zero-order valence-corrected chi connectivity index (χ0v) is 9.41. The second-order valence-electron chi connectivity index (χ2n) is 3.51. The van der Waals surface area contributed by atoms with Crippen LogP contribution >= 0.6 is 0 Å². The number of alkyl halides is 3. The molecule has 0 aromatic heterocycles. The van der Waals surface area contributed by atoms with Crippen LogP contribution in [0.4, 0.5) is 13.2 Å². The lowest BCUT2D eigenvalue weighted by atomic mass is 10.0. The molecule has 1 rings (SSSR count). The number of halogens is 3. The van der Waals surface area contributed by atoms with E-state index in [4.69, 9.17) is 10.8 Å². The molecule has 100 valence electrons. The van der Waals surface area contributed by atoms with Gasteiger partial charge in [0.15, 0.2) is 0 Å². The van der Waals surface area contributed by atoms with Crippen LogP contribution < -0.4 is 5.73 Å². The Balaban J connectivity index is 3.27. The highest BCUT2D eigenvalue weighted by atomic mass is 19.4. The van der Waals surface area contributed by atoms with E-state index in [1.807, 2.05) is 0 Å². The van der Waals surface area contributed by atoms with Crippen LogP contribution in [0.3, 0.4) is 0 Å². The predicted octanol–water partition coefficient (Wildman–Crippen LogP) is 1.63. The van der Waals surface area contributed by atoms with Crippen LogP contribution in [0.25, 0.3) is 0 Å². The Morgan fingerprint density at radius 1 is 1.32 bits per heavy atom. The smallest absolute Gasteiger partial charge is 0.417 e. The molecular formula is C12H8F3NO3. The van der Waals surface area contributed by atoms with Gasteiger partial charge in [-0.15, -0.1) is 0 Å². The zero-order valence-electron chi connectivity index (χ0n) is 9.41. The fourth-order valence-corrected chi connectivity index (χ4v) is 1.25. The van der Waals surface area contributed by atoms with Crippen LogP contribution in [0, 0.1) is 11.8 Å². The van der Waals surface area contributed by atoms with E-state index in [9.17, 15) is 22.8 Å². The minimum atomic E-state index is -4.73. The number of benzene rings is 1. The molecule has 0 saturated heterocycles. The Labute approximate surface area is 106 Å². The summed E-state index contributed by atoms with van der Waals surface area (Å²) in [4.78, 5) is 21.1. The SMILES string of the molecule is NC(=O)CC#Cc1ccc(C(=O)O)cc1C(F)(F)F. The van der Waals surface area contributed by atoms with Crippen LogP contribution in [0.1, 0.15) is 27.9 Å². The number of carboxylic acid groups (broad SMARTS) is 1. The average Bonchev–Trinajstić information content (AvgIpc) is 2.27. The van der Waals surface area contributed by atoms with Crippen LogP contribution in [-0.4, -0.2) is 17.0 Å². The van der Waals surface area contributed by atoms with Crippen molar-refractivity contribution in [3.8, 4) is 11.8 Å². The third kappa shape index (κ3) is 4.03. The van der Waals surface area contributed by atoms with Crippen molar-refractivity contribution in [2.45, 2.75) is 12.6 Å². The normalized spacial score (nSPS) is 10.5. The van der Waals surface area contributed by atoms with Gasteiger partial charge in [-0.05, 0) is 18.2 Å². The first kappa shape index (κ1) is 14.6. The second kappa shape index (κ2) is 5.44. The number of primary amides is 1. The van der Waals surface area contributed by atoms with Crippen LogP contribution in [-0.2, 0) is 11.0 Å². The summed E-state index contributed by atoms with van der Waals surface area (Å²) in [5, 5.41) is 8.65. The van der Waals surface area contributed by atoms with E-state index >= 15 is 0 Å². The quantitative estimate of drug-likeness (QED) is 0.802. The molecule has 0 aliphatic carbocycles. The number of nitrogens with two attached hydrogens (primary N) is 1. The molecule has 7 heteroatoms. The molecule has 0 fully saturated rings. The van der Waals surface area contributed by atoms with Gasteiger partial charge in [0.25, 0.3) is 0 Å². The van der Waals surface area contributed by atoms with Crippen molar-refractivity contribution in [1.29, 1.82) is 0 Å². The number of carbonyl (C=O) groups excluding carboxylic acids is 1. The molecule has 1 aromatic carbocycles. The molecule has 3 N–H and O–H groups in total. The maximum atomic E-state index is 12.7. The van der Waals surface area contributed by atoms with Gasteiger partial charge in [-0.2, -0.15) is 13.2 Å². The number of carboxylic acids is 1. The van der Waals surface area contributed by atoms with Gasteiger partial charge in [0.05, 0.1) is 17.5 Å². The monoisotopic (exact) mass is 271 g/mol. The standard InChI is InChI=1S/C12H8F3NO3/c13-12(14,15)9-6-8(11(18)19)5-4-7(9)2-1-3-10(16)17/h4-6H,3H2,(H2,16,17)(H,18,19). The van der Waals surface area contributed by atoms with Gasteiger partial charge < -0.3 is 10.8 Å². The van der Waals surface area contributed by atoms with E-state index in [0.717, 1.165) is 12.1 Å². The lowest BCUT2D eigenvalue weighted by Crippen LogP contribution is -2.10. The van der Waals surface area contributed by atoms with Gasteiger partial charge in [-0.3, -0.25) is 4.79 Å². The van der Waals surface area contributed by atoms with E-state index in [0.29, 0.717) is 6.07 Å². The van der Waals surface area contributed by atoms with Crippen molar-refractivity contribution < 1.29 is 27.9 Å². The molecule has 1 amide bonds. The van der Waals surface area contributed by atoms with Gasteiger partial charge in [0, 0.05) is 5.56 Å². The number of hydrogen-bond donors (Lipinski definition) is 2. The fraction of sp³-hybridized carbons (Fsp3) is 0.167. The predicted molar refractivity (Wildman–Crippen MR) is 59.1 cm³/mol. The van der Waals surface area contributed by atoms with Gasteiger partial charge in [0.2, 0.25) is 5.91 Å². The Morgan fingerprint density at radius 2 is 1.95 bits per heavy atom. The maximum absolute atomic E-state index is 12.7. The number of carbonyl (C=O) groups is 2. The van der Waals surface area contributed by atoms with Crippen molar-refractivity contribution in [2.24, 2.45) is 5.73 Å². The van der Waals surface area contributed by atoms with E-state index in [1.165, 1.54) is 0 Å². The fourth-order valence-electron chi connectivity index (χ4n) is 1.25. The zero-order chi connectivity index (χ0) is 14.6. The van der Waals surface area contributed by atoms with Crippen molar-refractivity contribution >= 4 is 11.9 Å². The molecule has 4 nitrogen and oxygen atoms in total. The lowest BCUT2D eigenvalue weighted by Gasteiger charge is -2.09. The molecule has 0 aliphatic heterocycles. The van der Waals surface area contributed by atoms with E-state index in [2.05, 4.69) is 11.8 Å². The number of amides is 1. The van der Waals surface area contributed by atoms with Crippen LogP contribution in [0.15, 0.2) is 18.2 Å². The Morgan fingerprint density at radius 3 is 2.42 bits per heavy atom. The lowest BCUT2D eigenvalue weighted by molar-refractivity contribution is -0.137. The Kier molecular flexibility index (Phi) is 4.17. The molecule has 0 aliphatic rings. The van der Waals surface area contributed by atoms with Crippen molar-refractivity contribution in [3.63, 3.8) is 0 Å².